The van der Waals surface area contributed by atoms with Crippen molar-refractivity contribution in [3.63, 3.8) is 0 Å². The topological polar surface area (TPSA) is 55.2 Å². The largest absolute Gasteiger partial charge is 0.347 e. The summed E-state index contributed by atoms with van der Waals surface area (Å²) >= 11 is 19.4. The molecule has 8 heteroatoms. The normalized spacial score (nSPS) is 12.3. The zero-order valence-electron chi connectivity index (χ0n) is 9.62. The minimum atomic E-state index is -0.484. The van der Waals surface area contributed by atoms with Crippen molar-refractivity contribution < 1.29 is 4.92 Å². The fourth-order valence-electron chi connectivity index (χ4n) is 1.90. The van der Waals surface area contributed by atoms with E-state index < -0.39 is 4.92 Å². The quantitative estimate of drug-likeness (QED) is 0.449. The zero-order chi connectivity index (χ0) is 14.4. The Labute approximate surface area is 133 Å². The van der Waals surface area contributed by atoms with Gasteiger partial charge in [0.15, 0.2) is 0 Å². The van der Waals surface area contributed by atoms with Crippen LogP contribution in [0.1, 0.15) is 0 Å². The van der Waals surface area contributed by atoms with Crippen LogP contribution in [0.5, 0.6) is 0 Å². The highest BCUT2D eigenvalue weighted by Crippen LogP contribution is 2.51. The number of nitro groups is 1. The van der Waals surface area contributed by atoms with E-state index in [0.717, 1.165) is 4.90 Å². The first-order chi connectivity index (χ1) is 9.47. The Balaban J connectivity index is 2.20. The van der Waals surface area contributed by atoms with Crippen LogP contribution >= 0.6 is 46.6 Å². The van der Waals surface area contributed by atoms with Crippen LogP contribution in [0.3, 0.4) is 0 Å². The van der Waals surface area contributed by atoms with Gasteiger partial charge < -0.3 is 5.32 Å². The molecule has 1 aliphatic rings. The average molecular weight is 348 g/mol. The molecule has 4 nitrogen and oxygen atoms in total. The molecular weight excluding hydrogens is 343 g/mol. The molecule has 1 aliphatic heterocycles. The summed E-state index contributed by atoms with van der Waals surface area (Å²) in [5.74, 6) is 0. The fourth-order valence-corrected chi connectivity index (χ4v) is 3.67. The summed E-state index contributed by atoms with van der Waals surface area (Å²) in [7, 11) is 0. The molecular formula is C12H5Cl3N2O2S. The maximum absolute atomic E-state index is 11.1. The summed E-state index contributed by atoms with van der Waals surface area (Å²) < 4.78 is 0. The number of halogens is 3. The lowest BCUT2D eigenvalue weighted by Gasteiger charge is -2.22. The molecule has 0 saturated heterocycles. The highest BCUT2D eigenvalue weighted by Gasteiger charge is 2.27. The second-order valence-corrected chi connectivity index (χ2v) is 6.32. The number of hydrogen-bond donors (Lipinski definition) is 1. The molecule has 2 aromatic rings. The van der Waals surface area contributed by atoms with E-state index >= 15 is 0 Å². The van der Waals surface area contributed by atoms with E-state index in [9.17, 15) is 10.1 Å². The summed E-state index contributed by atoms with van der Waals surface area (Å²) in [6, 6.07) is 6.46. The molecule has 2 aromatic carbocycles. The Morgan fingerprint density at radius 1 is 1.10 bits per heavy atom. The minimum Gasteiger partial charge on any atom is -0.347 e. The van der Waals surface area contributed by atoms with Gasteiger partial charge in [0.05, 0.1) is 20.7 Å². The summed E-state index contributed by atoms with van der Waals surface area (Å²) in [4.78, 5) is 12.2. The van der Waals surface area contributed by atoms with Gasteiger partial charge in [0, 0.05) is 20.9 Å². The Morgan fingerprint density at radius 3 is 2.55 bits per heavy atom. The Morgan fingerprint density at radius 2 is 1.85 bits per heavy atom. The third kappa shape index (κ3) is 2.20. The summed E-state index contributed by atoms with van der Waals surface area (Å²) in [5.41, 5.74) is 0.852. The van der Waals surface area contributed by atoms with Crippen LogP contribution in [-0.4, -0.2) is 4.92 Å². The van der Waals surface area contributed by atoms with E-state index in [2.05, 4.69) is 5.32 Å². The number of nitrogens with zero attached hydrogens (tertiary/aromatic N) is 1. The van der Waals surface area contributed by atoms with Crippen molar-refractivity contribution >= 4 is 63.6 Å². The molecule has 0 bridgehead atoms. The van der Waals surface area contributed by atoms with Crippen molar-refractivity contribution in [2.75, 3.05) is 5.32 Å². The second kappa shape index (κ2) is 5.00. The molecule has 0 radical (unpaired) electrons. The molecule has 20 heavy (non-hydrogen) atoms. The zero-order valence-corrected chi connectivity index (χ0v) is 12.7. The summed E-state index contributed by atoms with van der Waals surface area (Å²) in [5, 5.41) is 15.2. The lowest BCUT2D eigenvalue weighted by molar-refractivity contribution is -0.384. The second-order valence-electron chi connectivity index (χ2n) is 4.02. The molecule has 0 spiro atoms. The molecule has 0 aliphatic carbocycles. The van der Waals surface area contributed by atoms with Gasteiger partial charge in [0.2, 0.25) is 0 Å². The monoisotopic (exact) mass is 346 g/mol. The predicted molar refractivity (Wildman–Crippen MR) is 82.0 cm³/mol. The van der Waals surface area contributed by atoms with Gasteiger partial charge in [-0.1, -0.05) is 46.6 Å². The number of benzene rings is 2. The summed E-state index contributed by atoms with van der Waals surface area (Å²) in [6.07, 6.45) is 0. The lowest BCUT2D eigenvalue weighted by atomic mass is 10.2. The Bertz CT molecular complexity index is 752. The molecule has 3 rings (SSSR count). The minimum absolute atomic E-state index is 0.0957. The molecule has 1 N–H and O–H groups in total. The van der Waals surface area contributed by atoms with Gasteiger partial charge in [-0.15, -0.1) is 0 Å². The van der Waals surface area contributed by atoms with Crippen LogP contribution in [0.15, 0.2) is 34.1 Å². The van der Waals surface area contributed by atoms with Crippen LogP contribution in [0.25, 0.3) is 0 Å². The van der Waals surface area contributed by atoms with Crippen LogP contribution in [-0.2, 0) is 0 Å². The van der Waals surface area contributed by atoms with Gasteiger partial charge >= 0.3 is 0 Å². The smallest absolute Gasteiger partial charge is 0.295 e. The van der Waals surface area contributed by atoms with Gasteiger partial charge in [-0.05, 0) is 18.2 Å². The number of fused-ring (bicyclic) bond motifs is 2. The molecule has 0 fully saturated rings. The lowest BCUT2D eigenvalue weighted by Crippen LogP contribution is -2.04. The Hall–Kier alpha value is -1.14. The molecule has 1 heterocycles. The van der Waals surface area contributed by atoms with Crippen LogP contribution in [0.4, 0.5) is 17.1 Å². The highest BCUT2D eigenvalue weighted by atomic mass is 35.5. The van der Waals surface area contributed by atoms with E-state index in [-0.39, 0.29) is 5.69 Å². The molecule has 102 valence electrons. The van der Waals surface area contributed by atoms with E-state index in [0.29, 0.717) is 31.3 Å². The van der Waals surface area contributed by atoms with Gasteiger partial charge in [-0.25, -0.2) is 0 Å². The molecule has 0 aromatic heterocycles. The third-order valence-electron chi connectivity index (χ3n) is 2.77. The van der Waals surface area contributed by atoms with E-state index in [4.69, 9.17) is 34.8 Å². The standard InChI is InChI=1S/C12H5Cl3N2O2S/c13-5-3-7(17(18)19)11-9(4-5)20-8-2-1-6(14)10(15)12(8)16-11/h1-4,16H. The first-order valence-electron chi connectivity index (χ1n) is 5.38. The number of hydrogen-bond acceptors (Lipinski definition) is 4. The maximum atomic E-state index is 11.1. The Kier molecular flexibility index (Phi) is 3.46. The predicted octanol–water partition coefficient (Wildman–Crippen LogP) is 5.76. The fraction of sp³-hybridized carbons (Fsp3) is 0. The van der Waals surface area contributed by atoms with E-state index in [1.165, 1.54) is 17.8 Å². The highest BCUT2D eigenvalue weighted by molar-refractivity contribution is 7.99. The molecule has 0 amide bonds. The van der Waals surface area contributed by atoms with Crippen molar-refractivity contribution in [2.24, 2.45) is 0 Å². The molecule has 0 atom stereocenters. The van der Waals surface area contributed by atoms with Crippen molar-refractivity contribution in [2.45, 2.75) is 9.79 Å². The van der Waals surface area contributed by atoms with Gasteiger partial charge in [0.1, 0.15) is 5.69 Å². The van der Waals surface area contributed by atoms with Crippen molar-refractivity contribution in [3.05, 3.63) is 49.4 Å². The number of nitrogens with one attached hydrogen (secondary N) is 1. The van der Waals surface area contributed by atoms with Crippen LogP contribution in [0.2, 0.25) is 15.1 Å². The van der Waals surface area contributed by atoms with Crippen molar-refractivity contribution in [1.29, 1.82) is 0 Å². The summed E-state index contributed by atoms with van der Waals surface area (Å²) in [6.45, 7) is 0. The van der Waals surface area contributed by atoms with Gasteiger partial charge in [0.25, 0.3) is 5.69 Å². The first kappa shape index (κ1) is 13.8. The number of nitro benzene ring substituents is 1. The van der Waals surface area contributed by atoms with Crippen molar-refractivity contribution in [1.82, 2.24) is 0 Å². The number of rotatable bonds is 1. The SMILES string of the molecule is O=[N+]([O-])c1cc(Cl)cc2c1Nc1c(ccc(Cl)c1Cl)S2. The van der Waals surface area contributed by atoms with Gasteiger partial charge in [-0.2, -0.15) is 0 Å². The van der Waals surface area contributed by atoms with Crippen LogP contribution < -0.4 is 5.32 Å². The average Bonchev–Trinajstić information content (AvgIpc) is 2.40. The van der Waals surface area contributed by atoms with Gasteiger partial charge in [-0.3, -0.25) is 10.1 Å². The molecule has 0 unspecified atom stereocenters. The van der Waals surface area contributed by atoms with E-state index in [1.807, 2.05) is 0 Å². The van der Waals surface area contributed by atoms with Crippen LogP contribution in [0, 0.1) is 10.1 Å². The molecule has 0 saturated carbocycles. The first-order valence-corrected chi connectivity index (χ1v) is 7.33. The van der Waals surface area contributed by atoms with E-state index in [1.54, 1.807) is 18.2 Å². The maximum Gasteiger partial charge on any atom is 0.295 e. The number of anilines is 2. The third-order valence-corrected chi connectivity index (χ3v) is 4.89. The van der Waals surface area contributed by atoms with Crippen molar-refractivity contribution in [3.8, 4) is 0 Å².